The van der Waals surface area contributed by atoms with Gasteiger partial charge in [-0.3, -0.25) is 0 Å². The molecule has 0 spiro atoms. The molecule has 0 bridgehead atoms. The van der Waals surface area contributed by atoms with Crippen LogP contribution in [0, 0.1) is 0 Å². The maximum absolute atomic E-state index is 11.2. The van der Waals surface area contributed by atoms with Crippen molar-refractivity contribution in [2.24, 2.45) is 0 Å². The van der Waals surface area contributed by atoms with Gasteiger partial charge in [0.25, 0.3) is 0 Å². The van der Waals surface area contributed by atoms with E-state index in [0.717, 1.165) is 10.8 Å². The number of hydrogen-bond acceptors (Lipinski definition) is 4. The van der Waals surface area contributed by atoms with Gasteiger partial charge in [-0.15, -0.1) is 0 Å². The van der Waals surface area contributed by atoms with Gasteiger partial charge < -0.3 is 8.58 Å². The fourth-order valence-electron chi connectivity index (χ4n) is 1.59. The van der Waals surface area contributed by atoms with Gasteiger partial charge in [-0.05, 0) is 35.0 Å². The third kappa shape index (κ3) is 2.39. The van der Waals surface area contributed by atoms with Crippen LogP contribution >= 0.6 is 23.7 Å². The van der Waals surface area contributed by atoms with Crippen LogP contribution in [-0.4, -0.2) is 11.9 Å². The molecular formula is C12H6Cl2O4. The predicted molar refractivity (Wildman–Crippen MR) is 66.5 cm³/mol. The van der Waals surface area contributed by atoms with E-state index in [-0.39, 0.29) is 0 Å². The minimum Gasteiger partial charge on any atom is -0.343 e. The molecule has 2 rings (SSSR count). The SMILES string of the molecule is O=C(OCl)c1ccc2cc(C(=O)OCl)ccc2c1. The second-order valence-corrected chi connectivity index (χ2v) is 3.81. The molecule has 18 heavy (non-hydrogen) atoms. The predicted octanol–water partition coefficient (Wildman–Crippen LogP) is 3.46. The van der Waals surface area contributed by atoms with E-state index in [1.807, 2.05) is 0 Å². The smallest absolute Gasteiger partial charge is 0.343 e. The Hall–Kier alpha value is -1.78. The fraction of sp³-hybridized carbons (Fsp3) is 0. The van der Waals surface area contributed by atoms with Gasteiger partial charge in [-0.2, -0.15) is 0 Å². The van der Waals surface area contributed by atoms with Crippen molar-refractivity contribution < 1.29 is 18.2 Å². The molecule has 2 aromatic rings. The Labute approximate surface area is 112 Å². The van der Waals surface area contributed by atoms with Crippen LogP contribution in [0.2, 0.25) is 0 Å². The number of carbonyl (C=O) groups is 2. The molecule has 0 saturated heterocycles. The fourth-order valence-corrected chi connectivity index (χ4v) is 1.77. The molecule has 0 atom stereocenters. The molecule has 0 aromatic heterocycles. The summed E-state index contributed by atoms with van der Waals surface area (Å²) in [5, 5.41) is 1.53. The molecule has 0 aliphatic heterocycles. The van der Waals surface area contributed by atoms with E-state index in [9.17, 15) is 9.59 Å². The first-order chi connectivity index (χ1) is 8.65. The minimum absolute atomic E-state index is 0.324. The van der Waals surface area contributed by atoms with Crippen LogP contribution in [0.1, 0.15) is 20.7 Å². The molecule has 0 unspecified atom stereocenters. The van der Waals surface area contributed by atoms with Crippen molar-refractivity contribution in [2.75, 3.05) is 0 Å². The average Bonchev–Trinajstić information content (AvgIpc) is 2.44. The van der Waals surface area contributed by atoms with Gasteiger partial charge in [0.15, 0.2) is 0 Å². The molecule has 0 aliphatic rings. The van der Waals surface area contributed by atoms with E-state index in [1.54, 1.807) is 36.4 Å². The Morgan fingerprint density at radius 2 is 1.17 bits per heavy atom. The summed E-state index contributed by atoms with van der Waals surface area (Å²) in [6.45, 7) is 0. The lowest BCUT2D eigenvalue weighted by Crippen LogP contribution is -1.99. The van der Waals surface area contributed by atoms with Crippen molar-refractivity contribution in [2.45, 2.75) is 0 Å². The third-order valence-corrected chi connectivity index (χ3v) is 2.73. The highest BCUT2D eigenvalue weighted by Crippen LogP contribution is 2.19. The van der Waals surface area contributed by atoms with Gasteiger partial charge in [0, 0.05) is 0 Å². The quantitative estimate of drug-likeness (QED) is 0.847. The zero-order valence-corrected chi connectivity index (χ0v) is 10.4. The van der Waals surface area contributed by atoms with E-state index in [1.165, 1.54) is 0 Å². The first kappa shape index (κ1) is 12.7. The van der Waals surface area contributed by atoms with E-state index in [0.29, 0.717) is 11.1 Å². The van der Waals surface area contributed by atoms with Gasteiger partial charge in [-0.1, -0.05) is 12.1 Å². The molecule has 0 amide bonds. The van der Waals surface area contributed by atoms with Gasteiger partial charge >= 0.3 is 11.9 Å². The summed E-state index contributed by atoms with van der Waals surface area (Å²) in [5.41, 5.74) is 0.648. The number of hydrogen-bond donors (Lipinski definition) is 0. The van der Waals surface area contributed by atoms with Crippen LogP contribution in [0.4, 0.5) is 0 Å². The minimum atomic E-state index is -0.636. The molecule has 0 saturated carbocycles. The van der Waals surface area contributed by atoms with Crippen LogP contribution < -0.4 is 0 Å². The Bertz CT molecular complexity index is 569. The first-order valence-electron chi connectivity index (χ1n) is 4.85. The zero-order chi connectivity index (χ0) is 13.1. The summed E-state index contributed by atoms with van der Waals surface area (Å²) >= 11 is 10.00. The van der Waals surface area contributed by atoms with Crippen LogP contribution in [0.5, 0.6) is 0 Å². The third-order valence-electron chi connectivity index (χ3n) is 2.45. The van der Waals surface area contributed by atoms with E-state index < -0.39 is 11.9 Å². The largest absolute Gasteiger partial charge is 0.356 e. The molecule has 0 N–H and O–H groups in total. The van der Waals surface area contributed by atoms with E-state index >= 15 is 0 Å². The number of halogens is 2. The monoisotopic (exact) mass is 284 g/mol. The second-order valence-electron chi connectivity index (χ2n) is 3.51. The van der Waals surface area contributed by atoms with E-state index in [2.05, 4.69) is 8.58 Å². The lowest BCUT2D eigenvalue weighted by molar-refractivity contribution is 0.0741. The zero-order valence-electron chi connectivity index (χ0n) is 8.85. The van der Waals surface area contributed by atoms with Gasteiger partial charge in [0.05, 0.1) is 11.1 Å². The van der Waals surface area contributed by atoms with Crippen LogP contribution in [0.3, 0.4) is 0 Å². The second kappa shape index (κ2) is 5.25. The normalized spacial score (nSPS) is 10.1. The van der Waals surface area contributed by atoms with Crippen molar-refractivity contribution in [3.8, 4) is 0 Å². The number of rotatable bonds is 2. The standard InChI is InChI=1S/C12H6Cl2O4/c13-17-11(15)9-3-1-7-5-10(12(16)18-14)4-2-8(7)6-9/h1-6H. The summed E-state index contributed by atoms with van der Waals surface area (Å²) in [5.74, 6) is -1.27. The lowest BCUT2D eigenvalue weighted by atomic mass is 10.0. The molecular weight excluding hydrogens is 279 g/mol. The highest BCUT2D eigenvalue weighted by molar-refractivity contribution is 6.17. The Kier molecular flexibility index (Phi) is 3.69. The summed E-state index contributed by atoms with van der Waals surface area (Å²) in [6.07, 6.45) is 0. The molecule has 0 fully saturated rings. The number of fused-ring (bicyclic) bond motifs is 1. The van der Waals surface area contributed by atoms with Crippen LogP contribution in [0.25, 0.3) is 10.8 Å². The molecule has 0 aliphatic carbocycles. The Balaban J connectivity index is 2.48. The molecule has 92 valence electrons. The molecule has 4 nitrogen and oxygen atoms in total. The summed E-state index contributed by atoms with van der Waals surface area (Å²) in [6, 6.07) is 9.64. The number of carbonyl (C=O) groups excluding carboxylic acids is 2. The van der Waals surface area contributed by atoms with E-state index in [4.69, 9.17) is 23.7 Å². The molecule has 2 aromatic carbocycles. The van der Waals surface area contributed by atoms with Gasteiger partial charge in [0.1, 0.15) is 23.7 Å². The van der Waals surface area contributed by atoms with Crippen molar-refractivity contribution in [3.63, 3.8) is 0 Å². The van der Waals surface area contributed by atoms with Crippen molar-refractivity contribution >= 4 is 46.4 Å². The maximum atomic E-state index is 11.2. The molecule has 0 heterocycles. The summed E-state index contributed by atoms with van der Waals surface area (Å²) in [7, 11) is 0. The molecule has 0 radical (unpaired) electrons. The van der Waals surface area contributed by atoms with Crippen LogP contribution in [-0.2, 0) is 8.58 Å². The van der Waals surface area contributed by atoms with Crippen molar-refractivity contribution in [1.82, 2.24) is 0 Å². The summed E-state index contributed by atoms with van der Waals surface area (Å²) < 4.78 is 8.21. The highest BCUT2D eigenvalue weighted by atomic mass is 35.5. The van der Waals surface area contributed by atoms with Gasteiger partial charge in [-0.25, -0.2) is 9.59 Å². The first-order valence-corrected chi connectivity index (χ1v) is 5.47. The van der Waals surface area contributed by atoms with Crippen molar-refractivity contribution in [1.29, 1.82) is 0 Å². The molecule has 6 heteroatoms. The number of benzene rings is 2. The highest BCUT2D eigenvalue weighted by Gasteiger charge is 2.10. The van der Waals surface area contributed by atoms with Crippen molar-refractivity contribution in [3.05, 3.63) is 47.5 Å². The Morgan fingerprint density at radius 3 is 1.50 bits per heavy atom. The average molecular weight is 285 g/mol. The Morgan fingerprint density at radius 1 is 0.778 bits per heavy atom. The summed E-state index contributed by atoms with van der Waals surface area (Å²) in [4.78, 5) is 22.5. The maximum Gasteiger partial charge on any atom is 0.356 e. The lowest BCUT2D eigenvalue weighted by Gasteiger charge is -2.02. The van der Waals surface area contributed by atoms with Crippen LogP contribution in [0.15, 0.2) is 36.4 Å². The topological polar surface area (TPSA) is 52.6 Å². The van der Waals surface area contributed by atoms with Gasteiger partial charge in [0.2, 0.25) is 0 Å².